The fourth-order valence-electron chi connectivity index (χ4n) is 3.56. The maximum atomic E-state index is 11.4. The van der Waals surface area contributed by atoms with Crippen LogP contribution in [0.3, 0.4) is 0 Å². The minimum atomic E-state index is -0.0978. The summed E-state index contributed by atoms with van der Waals surface area (Å²) in [5, 5.41) is 1.58. The molecule has 29 heavy (non-hydrogen) atoms. The van der Waals surface area contributed by atoms with Crippen LogP contribution in [-0.4, -0.2) is 28.9 Å². The van der Waals surface area contributed by atoms with Gasteiger partial charge >= 0.3 is 5.97 Å². The maximum Gasteiger partial charge on any atom is 0.305 e. The monoisotopic (exact) mass is 413 g/mol. The zero-order valence-electron chi connectivity index (χ0n) is 17.6. The molecule has 0 spiro atoms. The number of benzene rings is 1. The summed E-state index contributed by atoms with van der Waals surface area (Å²) in [7, 11) is 0. The Kier molecular flexibility index (Phi) is 7.99. The number of unbranched alkanes of at least 4 members (excludes halogenated alkanes) is 1. The Balaban J connectivity index is 1.56. The Hall–Kier alpha value is -2.01. The summed E-state index contributed by atoms with van der Waals surface area (Å²) in [6, 6.07) is 12.6. The topological polar surface area (TPSA) is 48.4 Å². The number of hydrogen-bond donors (Lipinski definition) is 0. The number of fused-ring (bicyclic) bond motifs is 1. The highest BCUT2D eigenvalue weighted by Gasteiger charge is 2.20. The molecule has 0 fully saturated rings. The van der Waals surface area contributed by atoms with Gasteiger partial charge in [-0.15, -0.1) is 11.8 Å². The van der Waals surface area contributed by atoms with Crippen LogP contribution in [0.4, 0.5) is 0 Å². The summed E-state index contributed by atoms with van der Waals surface area (Å²) in [6.45, 7) is 6.67. The number of hydrogen-bond acceptors (Lipinski definition) is 5. The SMILES string of the molecule is CCOC(=O)CCCCC1CCc2cc(-c3cccc(SC(C)C)n3)ccc2O1. The summed E-state index contributed by atoms with van der Waals surface area (Å²) in [5.41, 5.74) is 3.42. The Morgan fingerprint density at radius 1 is 1.28 bits per heavy atom. The molecule has 0 amide bonds. The maximum absolute atomic E-state index is 11.4. The molecule has 2 heterocycles. The van der Waals surface area contributed by atoms with Crippen LogP contribution in [0, 0.1) is 0 Å². The van der Waals surface area contributed by atoms with Crippen molar-refractivity contribution in [2.45, 2.75) is 75.7 Å². The fraction of sp³-hybridized carbons (Fsp3) is 0.500. The summed E-state index contributed by atoms with van der Waals surface area (Å²) < 4.78 is 11.2. The Labute approximate surface area is 178 Å². The van der Waals surface area contributed by atoms with E-state index in [0.29, 0.717) is 18.3 Å². The normalized spacial score (nSPS) is 15.7. The average molecular weight is 414 g/mol. The number of nitrogens with zero attached hydrogens (tertiary/aromatic N) is 1. The Morgan fingerprint density at radius 3 is 2.93 bits per heavy atom. The number of pyridine rings is 1. The molecule has 0 aliphatic carbocycles. The molecule has 156 valence electrons. The van der Waals surface area contributed by atoms with Gasteiger partial charge in [-0.05, 0) is 74.9 Å². The van der Waals surface area contributed by atoms with E-state index in [1.54, 1.807) is 11.8 Å². The standard InChI is InChI=1S/C24H31NO3S/c1-4-27-24(26)11-6-5-8-20-14-12-19-16-18(13-15-22(19)28-20)21-9-7-10-23(25-21)29-17(2)3/h7,9-10,13,15-17,20H,4-6,8,11-12,14H2,1-3H3. The van der Waals surface area contributed by atoms with Crippen LogP contribution in [0.15, 0.2) is 41.4 Å². The summed E-state index contributed by atoms with van der Waals surface area (Å²) in [6.07, 6.45) is 5.61. The van der Waals surface area contributed by atoms with Crippen molar-refractivity contribution < 1.29 is 14.3 Å². The van der Waals surface area contributed by atoms with E-state index < -0.39 is 0 Å². The third-order valence-electron chi connectivity index (χ3n) is 4.93. The highest BCUT2D eigenvalue weighted by molar-refractivity contribution is 7.99. The summed E-state index contributed by atoms with van der Waals surface area (Å²) in [4.78, 5) is 16.2. The van der Waals surface area contributed by atoms with Crippen LogP contribution in [-0.2, 0) is 16.0 Å². The van der Waals surface area contributed by atoms with Crippen LogP contribution in [0.1, 0.15) is 58.4 Å². The molecule has 1 atom stereocenters. The van der Waals surface area contributed by atoms with E-state index in [4.69, 9.17) is 14.5 Å². The van der Waals surface area contributed by atoms with Crippen LogP contribution < -0.4 is 4.74 Å². The summed E-state index contributed by atoms with van der Waals surface area (Å²) >= 11 is 1.79. The van der Waals surface area contributed by atoms with Gasteiger partial charge in [0.15, 0.2) is 0 Å². The zero-order chi connectivity index (χ0) is 20.6. The smallest absolute Gasteiger partial charge is 0.305 e. The second-order valence-electron chi connectivity index (χ2n) is 7.68. The molecule has 1 aliphatic heterocycles. The lowest BCUT2D eigenvalue weighted by Gasteiger charge is -2.26. The number of thioether (sulfide) groups is 1. The Bertz CT molecular complexity index is 822. The van der Waals surface area contributed by atoms with Crippen LogP contribution in [0.2, 0.25) is 0 Å². The number of aryl methyl sites for hydroxylation is 1. The molecule has 0 N–H and O–H groups in total. The van der Waals surface area contributed by atoms with E-state index >= 15 is 0 Å². The van der Waals surface area contributed by atoms with Gasteiger partial charge in [0.2, 0.25) is 0 Å². The van der Waals surface area contributed by atoms with E-state index in [1.165, 1.54) is 5.56 Å². The van der Waals surface area contributed by atoms with Gasteiger partial charge in [0.1, 0.15) is 5.75 Å². The van der Waals surface area contributed by atoms with Crippen molar-refractivity contribution >= 4 is 17.7 Å². The van der Waals surface area contributed by atoms with E-state index in [2.05, 4.69) is 50.2 Å². The molecule has 2 aromatic rings. The van der Waals surface area contributed by atoms with Gasteiger partial charge in [-0.3, -0.25) is 4.79 Å². The first-order valence-corrected chi connectivity index (χ1v) is 11.5. The third-order valence-corrected chi connectivity index (χ3v) is 5.87. The molecule has 0 saturated carbocycles. The number of rotatable bonds is 9. The quantitative estimate of drug-likeness (QED) is 0.284. The zero-order valence-corrected chi connectivity index (χ0v) is 18.5. The van der Waals surface area contributed by atoms with Crippen molar-refractivity contribution in [3.05, 3.63) is 42.0 Å². The number of esters is 1. The number of ether oxygens (including phenoxy) is 2. The molecule has 1 aromatic heterocycles. The lowest BCUT2D eigenvalue weighted by Crippen LogP contribution is -2.22. The summed E-state index contributed by atoms with van der Waals surface area (Å²) in [5.74, 6) is 0.891. The second kappa shape index (κ2) is 10.7. The minimum absolute atomic E-state index is 0.0978. The van der Waals surface area contributed by atoms with Crippen LogP contribution in [0.25, 0.3) is 11.3 Å². The fourth-order valence-corrected chi connectivity index (χ4v) is 4.36. The van der Waals surface area contributed by atoms with E-state index in [-0.39, 0.29) is 12.1 Å². The third kappa shape index (κ3) is 6.49. The van der Waals surface area contributed by atoms with Crippen LogP contribution >= 0.6 is 11.8 Å². The first-order valence-electron chi connectivity index (χ1n) is 10.6. The molecular formula is C24H31NO3S. The molecule has 1 unspecified atom stereocenters. The van der Waals surface area contributed by atoms with E-state index in [0.717, 1.165) is 54.1 Å². The number of carbonyl (C=O) groups is 1. The van der Waals surface area contributed by atoms with E-state index in [9.17, 15) is 4.79 Å². The molecule has 5 heteroatoms. The Morgan fingerprint density at radius 2 is 2.14 bits per heavy atom. The molecule has 1 aliphatic rings. The molecular weight excluding hydrogens is 382 g/mol. The largest absolute Gasteiger partial charge is 0.490 e. The molecule has 0 radical (unpaired) electrons. The lowest BCUT2D eigenvalue weighted by atomic mass is 9.96. The molecule has 0 saturated heterocycles. The van der Waals surface area contributed by atoms with Crippen molar-refractivity contribution in [3.63, 3.8) is 0 Å². The highest BCUT2D eigenvalue weighted by atomic mass is 32.2. The second-order valence-corrected chi connectivity index (χ2v) is 9.28. The van der Waals surface area contributed by atoms with Crippen molar-refractivity contribution in [2.24, 2.45) is 0 Å². The van der Waals surface area contributed by atoms with Gasteiger partial charge in [0.05, 0.1) is 23.4 Å². The van der Waals surface area contributed by atoms with Crippen molar-refractivity contribution in [2.75, 3.05) is 6.61 Å². The molecule has 3 rings (SSSR count). The average Bonchev–Trinajstić information content (AvgIpc) is 2.71. The molecule has 0 bridgehead atoms. The predicted molar refractivity (Wildman–Crippen MR) is 119 cm³/mol. The minimum Gasteiger partial charge on any atom is -0.490 e. The van der Waals surface area contributed by atoms with Gasteiger partial charge in [0.25, 0.3) is 0 Å². The highest BCUT2D eigenvalue weighted by Crippen LogP contribution is 2.33. The van der Waals surface area contributed by atoms with Gasteiger partial charge < -0.3 is 9.47 Å². The predicted octanol–water partition coefficient (Wildman–Crippen LogP) is 6.07. The van der Waals surface area contributed by atoms with E-state index in [1.807, 2.05) is 6.92 Å². The van der Waals surface area contributed by atoms with Crippen molar-refractivity contribution in [3.8, 4) is 17.0 Å². The van der Waals surface area contributed by atoms with Gasteiger partial charge in [0, 0.05) is 17.2 Å². The van der Waals surface area contributed by atoms with Crippen molar-refractivity contribution in [1.29, 1.82) is 0 Å². The number of aromatic nitrogens is 1. The number of carbonyl (C=O) groups excluding carboxylic acids is 1. The molecule has 4 nitrogen and oxygen atoms in total. The van der Waals surface area contributed by atoms with Gasteiger partial charge in [-0.1, -0.05) is 19.9 Å². The first-order chi connectivity index (χ1) is 14.0. The van der Waals surface area contributed by atoms with Gasteiger partial charge in [-0.2, -0.15) is 0 Å². The lowest BCUT2D eigenvalue weighted by molar-refractivity contribution is -0.143. The van der Waals surface area contributed by atoms with Crippen molar-refractivity contribution in [1.82, 2.24) is 4.98 Å². The first kappa shape index (κ1) is 21.7. The molecule has 1 aromatic carbocycles. The van der Waals surface area contributed by atoms with Crippen LogP contribution in [0.5, 0.6) is 5.75 Å². The van der Waals surface area contributed by atoms with Gasteiger partial charge in [-0.25, -0.2) is 4.98 Å².